The Morgan fingerprint density at radius 1 is 1.17 bits per heavy atom. The summed E-state index contributed by atoms with van der Waals surface area (Å²) in [6, 6.07) is 14.3. The molecule has 4 nitrogen and oxygen atoms in total. The maximum atomic E-state index is 12.6. The van der Waals surface area contributed by atoms with Crippen molar-refractivity contribution in [1.29, 1.82) is 0 Å². The summed E-state index contributed by atoms with van der Waals surface area (Å²) in [6.07, 6.45) is 2.31. The van der Waals surface area contributed by atoms with E-state index in [1.807, 2.05) is 55.6 Å². The number of carboxylic acid groups (broad SMARTS) is 1. The van der Waals surface area contributed by atoms with Crippen LogP contribution in [0.4, 0.5) is 0 Å². The average molecular weight is 343 g/mol. The normalized spacial score (nSPS) is 11.8. The molecule has 1 atom stereocenters. The molecule has 1 unspecified atom stereocenters. The summed E-state index contributed by atoms with van der Waals surface area (Å²) in [7, 11) is 0. The topological polar surface area (TPSA) is 66.4 Å². The number of benzene rings is 2. The Hall–Kier alpha value is -2.27. The monoisotopic (exact) mass is 343 g/mol. The molecular weight excluding hydrogens is 322 g/mol. The molecule has 126 valence electrons. The number of aryl methyl sites for hydroxylation is 1. The van der Waals surface area contributed by atoms with Gasteiger partial charge >= 0.3 is 5.97 Å². The predicted molar refractivity (Wildman–Crippen MR) is 98.5 cm³/mol. The first-order valence-electron chi connectivity index (χ1n) is 7.71. The molecular formula is C19H21NO3S. The van der Waals surface area contributed by atoms with Gasteiger partial charge < -0.3 is 10.4 Å². The smallest absolute Gasteiger partial charge is 0.326 e. The summed E-state index contributed by atoms with van der Waals surface area (Å²) in [5.41, 5.74) is 3.27. The van der Waals surface area contributed by atoms with Crippen LogP contribution in [-0.2, 0) is 4.79 Å². The Labute approximate surface area is 146 Å². The van der Waals surface area contributed by atoms with Gasteiger partial charge in [0.2, 0.25) is 0 Å². The number of thioether (sulfide) groups is 1. The van der Waals surface area contributed by atoms with Crippen molar-refractivity contribution in [3.63, 3.8) is 0 Å². The van der Waals surface area contributed by atoms with Gasteiger partial charge in [-0.05, 0) is 42.5 Å². The SMILES string of the molecule is CSCCC(NC(=O)c1ccc(C)cc1-c1ccccc1)C(=O)O. The van der Waals surface area contributed by atoms with Gasteiger partial charge in [0.1, 0.15) is 6.04 Å². The van der Waals surface area contributed by atoms with Crippen LogP contribution in [0.1, 0.15) is 22.3 Å². The zero-order valence-electron chi connectivity index (χ0n) is 13.8. The molecule has 0 fully saturated rings. The fourth-order valence-electron chi connectivity index (χ4n) is 2.44. The molecule has 2 aromatic rings. The van der Waals surface area contributed by atoms with Crippen molar-refractivity contribution >= 4 is 23.6 Å². The van der Waals surface area contributed by atoms with Crippen molar-refractivity contribution in [2.45, 2.75) is 19.4 Å². The second-order valence-corrected chi connectivity index (χ2v) is 6.55. The van der Waals surface area contributed by atoms with Gasteiger partial charge in [-0.15, -0.1) is 0 Å². The van der Waals surface area contributed by atoms with Crippen molar-refractivity contribution in [3.05, 3.63) is 59.7 Å². The molecule has 0 heterocycles. The van der Waals surface area contributed by atoms with Crippen LogP contribution >= 0.6 is 11.8 Å². The van der Waals surface area contributed by atoms with Gasteiger partial charge in [0.05, 0.1) is 0 Å². The highest BCUT2D eigenvalue weighted by atomic mass is 32.2. The lowest BCUT2D eigenvalue weighted by molar-refractivity contribution is -0.139. The highest BCUT2D eigenvalue weighted by molar-refractivity contribution is 7.98. The average Bonchev–Trinajstić information content (AvgIpc) is 2.58. The van der Waals surface area contributed by atoms with Gasteiger partial charge in [-0.3, -0.25) is 4.79 Å². The van der Waals surface area contributed by atoms with Gasteiger partial charge in [0.15, 0.2) is 0 Å². The summed E-state index contributed by atoms with van der Waals surface area (Å²) < 4.78 is 0. The standard InChI is InChI=1S/C19H21NO3S/c1-13-8-9-15(16(12-13)14-6-4-3-5-7-14)18(21)20-17(19(22)23)10-11-24-2/h3-9,12,17H,10-11H2,1-2H3,(H,20,21)(H,22,23). The minimum atomic E-state index is -1.01. The number of carboxylic acids is 1. The minimum Gasteiger partial charge on any atom is -0.480 e. The molecule has 0 bridgehead atoms. The number of carbonyl (C=O) groups excluding carboxylic acids is 1. The molecule has 2 N–H and O–H groups in total. The number of hydrogen-bond acceptors (Lipinski definition) is 3. The van der Waals surface area contributed by atoms with Crippen molar-refractivity contribution < 1.29 is 14.7 Å². The molecule has 0 aliphatic heterocycles. The van der Waals surface area contributed by atoms with Crippen LogP contribution in [0, 0.1) is 6.92 Å². The number of amides is 1. The molecule has 2 rings (SSSR count). The number of nitrogens with one attached hydrogen (secondary N) is 1. The molecule has 0 saturated heterocycles. The first kappa shape index (κ1) is 18.1. The third-order valence-corrected chi connectivity index (χ3v) is 4.36. The van der Waals surface area contributed by atoms with E-state index < -0.39 is 12.0 Å². The van der Waals surface area contributed by atoms with Crippen LogP contribution in [0.5, 0.6) is 0 Å². The number of carbonyl (C=O) groups is 2. The predicted octanol–water partition coefficient (Wildman–Crippen LogP) is 3.60. The van der Waals surface area contributed by atoms with E-state index in [0.29, 0.717) is 17.7 Å². The lowest BCUT2D eigenvalue weighted by Gasteiger charge is -2.16. The molecule has 0 spiro atoms. The zero-order chi connectivity index (χ0) is 17.5. The van der Waals surface area contributed by atoms with Crippen molar-refractivity contribution in [1.82, 2.24) is 5.32 Å². The lowest BCUT2D eigenvalue weighted by Crippen LogP contribution is -2.41. The summed E-state index contributed by atoms with van der Waals surface area (Å²) in [5.74, 6) is -0.690. The Balaban J connectivity index is 2.31. The highest BCUT2D eigenvalue weighted by Crippen LogP contribution is 2.25. The van der Waals surface area contributed by atoms with E-state index >= 15 is 0 Å². The summed E-state index contributed by atoms with van der Waals surface area (Å²) in [6.45, 7) is 1.96. The van der Waals surface area contributed by atoms with Gasteiger partial charge in [-0.1, -0.05) is 48.0 Å². The molecule has 1 amide bonds. The second kappa shape index (κ2) is 8.55. The Bertz CT molecular complexity index is 716. The van der Waals surface area contributed by atoms with Crippen LogP contribution in [0.3, 0.4) is 0 Å². The van der Waals surface area contributed by atoms with Crippen LogP contribution in [0.25, 0.3) is 11.1 Å². The van der Waals surface area contributed by atoms with E-state index in [-0.39, 0.29) is 5.91 Å². The van der Waals surface area contributed by atoms with Crippen LogP contribution in [0.15, 0.2) is 48.5 Å². The van der Waals surface area contributed by atoms with E-state index in [1.165, 1.54) is 0 Å². The second-order valence-electron chi connectivity index (χ2n) is 5.56. The molecule has 2 aromatic carbocycles. The Kier molecular flexibility index (Phi) is 6.44. The first-order chi connectivity index (χ1) is 11.5. The molecule has 0 aliphatic carbocycles. The van der Waals surface area contributed by atoms with Gasteiger partial charge in [-0.25, -0.2) is 4.79 Å². The van der Waals surface area contributed by atoms with E-state index in [4.69, 9.17) is 0 Å². The highest BCUT2D eigenvalue weighted by Gasteiger charge is 2.22. The number of rotatable bonds is 7. The Morgan fingerprint density at radius 2 is 1.88 bits per heavy atom. The first-order valence-corrected chi connectivity index (χ1v) is 9.11. The fraction of sp³-hybridized carbons (Fsp3) is 0.263. The van der Waals surface area contributed by atoms with E-state index in [1.54, 1.807) is 17.8 Å². The zero-order valence-corrected chi connectivity index (χ0v) is 14.6. The quantitative estimate of drug-likeness (QED) is 0.806. The molecule has 0 aliphatic rings. The van der Waals surface area contributed by atoms with E-state index in [2.05, 4.69) is 5.32 Å². The number of hydrogen-bond donors (Lipinski definition) is 2. The molecule has 24 heavy (non-hydrogen) atoms. The minimum absolute atomic E-state index is 0.359. The van der Waals surface area contributed by atoms with Crippen LogP contribution in [0.2, 0.25) is 0 Å². The fourth-order valence-corrected chi connectivity index (χ4v) is 2.91. The molecule has 0 saturated carbocycles. The summed E-state index contributed by atoms with van der Waals surface area (Å²) in [4.78, 5) is 24.0. The molecule has 5 heteroatoms. The van der Waals surface area contributed by atoms with Crippen LogP contribution < -0.4 is 5.32 Å². The Morgan fingerprint density at radius 3 is 2.50 bits per heavy atom. The van der Waals surface area contributed by atoms with Crippen molar-refractivity contribution in [2.75, 3.05) is 12.0 Å². The third kappa shape index (κ3) is 4.61. The summed E-state index contributed by atoms with van der Waals surface area (Å²) >= 11 is 1.56. The molecule has 0 radical (unpaired) electrons. The maximum absolute atomic E-state index is 12.6. The largest absolute Gasteiger partial charge is 0.480 e. The van der Waals surface area contributed by atoms with Crippen molar-refractivity contribution in [2.24, 2.45) is 0 Å². The van der Waals surface area contributed by atoms with Gasteiger partial charge in [-0.2, -0.15) is 11.8 Å². The summed E-state index contributed by atoms with van der Waals surface area (Å²) in [5, 5.41) is 11.9. The van der Waals surface area contributed by atoms with Crippen molar-refractivity contribution in [3.8, 4) is 11.1 Å². The van der Waals surface area contributed by atoms with E-state index in [0.717, 1.165) is 16.7 Å². The van der Waals surface area contributed by atoms with Gasteiger partial charge in [0.25, 0.3) is 5.91 Å². The molecule has 0 aromatic heterocycles. The third-order valence-electron chi connectivity index (χ3n) is 3.72. The number of aliphatic carboxylic acids is 1. The van der Waals surface area contributed by atoms with Crippen LogP contribution in [-0.4, -0.2) is 35.0 Å². The lowest BCUT2D eigenvalue weighted by atomic mass is 9.97. The van der Waals surface area contributed by atoms with Gasteiger partial charge in [0, 0.05) is 5.56 Å². The maximum Gasteiger partial charge on any atom is 0.326 e. The van der Waals surface area contributed by atoms with E-state index in [9.17, 15) is 14.7 Å².